The Labute approximate surface area is 95.4 Å². The van der Waals surface area contributed by atoms with Crippen molar-refractivity contribution in [1.29, 1.82) is 0 Å². The maximum absolute atomic E-state index is 9.95. The number of imidazole rings is 1. The lowest BCUT2D eigenvalue weighted by atomic mass is 10.1. The van der Waals surface area contributed by atoms with Crippen molar-refractivity contribution in [3.05, 3.63) is 54.1 Å². The first-order valence-electron chi connectivity index (χ1n) is 5.44. The highest BCUT2D eigenvalue weighted by Crippen LogP contribution is 2.07. The van der Waals surface area contributed by atoms with Crippen molar-refractivity contribution in [2.45, 2.75) is 18.9 Å². The molecule has 0 aliphatic carbocycles. The van der Waals surface area contributed by atoms with Crippen LogP contribution in [0.2, 0.25) is 0 Å². The smallest absolute Gasteiger partial charge is 0.110 e. The summed E-state index contributed by atoms with van der Waals surface area (Å²) in [5.74, 6) is 0.920. The van der Waals surface area contributed by atoms with Crippen LogP contribution in [0, 0.1) is 0 Å². The molecule has 0 aliphatic rings. The van der Waals surface area contributed by atoms with Gasteiger partial charge in [0.05, 0.1) is 6.10 Å². The molecule has 84 valence electrons. The van der Waals surface area contributed by atoms with Crippen LogP contribution in [0.4, 0.5) is 0 Å². The quantitative estimate of drug-likeness (QED) is 0.842. The Morgan fingerprint density at radius 3 is 2.62 bits per heavy atom. The minimum Gasteiger partial charge on any atom is -0.392 e. The van der Waals surface area contributed by atoms with Crippen LogP contribution in [0.25, 0.3) is 0 Å². The van der Waals surface area contributed by atoms with Crippen LogP contribution in [-0.2, 0) is 19.9 Å². The van der Waals surface area contributed by atoms with E-state index in [9.17, 15) is 5.11 Å². The van der Waals surface area contributed by atoms with Crippen LogP contribution in [-0.4, -0.2) is 20.8 Å². The molecule has 1 atom stereocenters. The third kappa shape index (κ3) is 2.70. The van der Waals surface area contributed by atoms with Gasteiger partial charge in [-0.2, -0.15) is 0 Å². The van der Waals surface area contributed by atoms with Gasteiger partial charge in [0.25, 0.3) is 0 Å². The molecule has 1 aromatic carbocycles. The molecule has 0 saturated heterocycles. The summed E-state index contributed by atoms with van der Waals surface area (Å²) in [5, 5.41) is 9.95. The van der Waals surface area contributed by atoms with Crippen LogP contribution in [0.3, 0.4) is 0 Å². The summed E-state index contributed by atoms with van der Waals surface area (Å²) in [6.07, 6.45) is 4.55. The van der Waals surface area contributed by atoms with Crippen molar-refractivity contribution in [2.75, 3.05) is 0 Å². The van der Waals surface area contributed by atoms with E-state index in [1.54, 1.807) is 6.20 Å². The Balaban J connectivity index is 1.95. The molecule has 0 radical (unpaired) electrons. The first-order chi connectivity index (χ1) is 7.75. The fourth-order valence-electron chi connectivity index (χ4n) is 1.76. The second kappa shape index (κ2) is 4.94. The van der Waals surface area contributed by atoms with Gasteiger partial charge in [-0.3, -0.25) is 0 Å². The molecule has 0 bridgehead atoms. The topological polar surface area (TPSA) is 38.0 Å². The van der Waals surface area contributed by atoms with Crippen LogP contribution in [0.1, 0.15) is 11.4 Å². The van der Waals surface area contributed by atoms with Gasteiger partial charge in [-0.15, -0.1) is 0 Å². The van der Waals surface area contributed by atoms with Crippen molar-refractivity contribution in [2.24, 2.45) is 7.05 Å². The second-order valence-electron chi connectivity index (χ2n) is 4.00. The molecule has 0 spiro atoms. The van der Waals surface area contributed by atoms with Crippen molar-refractivity contribution in [3.8, 4) is 0 Å². The van der Waals surface area contributed by atoms with E-state index in [1.807, 2.05) is 48.1 Å². The summed E-state index contributed by atoms with van der Waals surface area (Å²) in [6.45, 7) is 0. The normalized spacial score (nSPS) is 12.6. The molecule has 16 heavy (non-hydrogen) atoms. The Bertz CT molecular complexity index is 436. The molecule has 0 saturated carbocycles. The van der Waals surface area contributed by atoms with Gasteiger partial charge < -0.3 is 9.67 Å². The van der Waals surface area contributed by atoms with E-state index in [-0.39, 0.29) is 6.10 Å². The van der Waals surface area contributed by atoms with Gasteiger partial charge in [0.1, 0.15) is 5.82 Å². The number of aryl methyl sites for hydroxylation is 1. The molecule has 0 aliphatic heterocycles. The standard InChI is InChI=1S/C13H16N2O/c1-15-8-7-14-13(15)10-12(16)9-11-5-3-2-4-6-11/h2-8,12,16H,9-10H2,1H3. The Kier molecular flexibility index (Phi) is 3.37. The number of nitrogens with zero attached hydrogens (tertiary/aromatic N) is 2. The lowest BCUT2D eigenvalue weighted by Gasteiger charge is -2.10. The molecular weight excluding hydrogens is 200 g/mol. The molecule has 2 rings (SSSR count). The molecule has 0 amide bonds. The molecule has 3 nitrogen and oxygen atoms in total. The predicted molar refractivity (Wildman–Crippen MR) is 63.1 cm³/mol. The summed E-state index contributed by atoms with van der Waals surface area (Å²) >= 11 is 0. The van der Waals surface area contributed by atoms with Crippen molar-refractivity contribution < 1.29 is 5.11 Å². The maximum Gasteiger partial charge on any atom is 0.110 e. The first-order valence-corrected chi connectivity index (χ1v) is 5.44. The van der Waals surface area contributed by atoms with Crippen molar-refractivity contribution in [3.63, 3.8) is 0 Å². The third-order valence-electron chi connectivity index (χ3n) is 2.65. The maximum atomic E-state index is 9.95. The fraction of sp³-hybridized carbons (Fsp3) is 0.308. The van der Waals surface area contributed by atoms with E-state index >= 15 is 0 Å². The Hall–Kier alpha value is -1.61. The molecule has 1 unspecified atom stereocenters. The summed E-state index contributed by atoms with van der Waals surface area (Å²) in [5.41, 5.74) is 1.16. The van der Waals surface area contributed by atoms with E-state index in [4.69, 9.17) is 0 Å². The highest BCUT2D eigenvalue weighted by atomic mass is 16.3. The van der Waals surface area contributed by atoms with Crippen LogP contribution < -0.4 is 0 Å². The lowest BCUT2D eigenvalue weighted by molar-refractivity contribution is 0.172. The van der Waals surface area contributed by atoms with Crippen molar-refractivity contribution in [1.82, 2.24) is 9.55 Å². The zero-order valence-electron chi connectivity index (χ0n) is 9.37. The Morgan fingerprint density at radius 2 is 2.00 bits per heavy atom. The molecule has 1 N–H and O–H groups in total. The van der Waals surface area contributed by atoms with E-state index < -0.39 is 0 Å². The summed E-state index contributed by atoms with van der Waals surface area (Å²) in [6, 6.07) is 10.0. The van der Waals surface area contributed by atoms with Crippen LogP contribution in [0.15, 0.2) is 42.7 Å². The van der Waals surface area contributed by atoms with Crippen LogP contribution in [0.5, 0.6) is 0 Å². The summed E-state index contributed by atoms with van der Waals surface area (Å²) in [7, 11) is 1.94. The number of benzene rings is 1. The van der Waals surface area contributed by atoms with E-state index in [2.05, 4.69) is 4.98 Å². The molecule has 0 fully saturated rings. The van der Waals surface area contributed by atoms with Gasteiger partial charge in [-0.25, -0.2) is 4.98 Å². The SMILES string of the molecule is Cn1ccnc1CC(O)Cc1ccccc1. The minimum absolute atomic E-state index is 0.372. The molecule has 3 heteroatoms. The molecule has 2 aromatic rings. The van der Waals surface area contributed by atoms with Crippen LogP contribution >= 0.6 is 0 Å². The highest BCUT2D eigenvalue weighted by Gasteiger charge is 2.09. The van der Waals surface area contributed by atoms with Gasteiger partial charge in [0, 0.05) is 25.9 Å². The zero-order chi connectivity index (χ0) is 11.4. The average molecular weight is 216 g/mol. The van der Waals surface area contributed by atoms with Gasteiger partial charge in [0.2, 0.25) is 0 Å². The summed E-state index contributed by atoms with van der Waals surface area (Å²) in [4.78, 5) is 4.20. The highest BCUT2D eigenvalue weighted by molar-refractivity contribution is 5.15. The largest absolute Gasteiger partial charge is 0.392 e. The minimum atomic E-state index is -0.372. The van der Waals surface area contributed by atoms with E-state index in [1.165, 1.54) is 0 Å². The van der Waals surface area contributed by atoms with Gasteiger partial charge in [-0.05, 0) is 12.0 Å². The van der Waals surface area contributed by atoms with E-state index in [0.29, 0.717) is 12.8 Å². The number of aliphatic hydroxyl groups excluding tert-OH is 1. The molecule has 1 aromatic heterocycles. The number of hydrogen-bond donors (Lipinski definition) is 1. The van der Waals surface area contributed by atoms with Gasteiger partial charge in [-0.1, -0.05) is 30.3 Å². The lowest BCUT2D eigenvalue weighted by Crippen LogP contribution is -2.16. The zero-order valence-corrected chi connectivity index (χ0v) is 9.37. The first kappa shape index (κ1) is 10.9. The van der Waals surface area contributed by atoms with Gasteiger partial charge in [0.15, 0.2) is 0 Å². The molecule has 1 heterocycles. The number of aromatic nitrogens is 2. The second-order valence-corrected chi connectivity index (χ2v) is 4.00. The molecular formula is C13H16N2O. The number of aliphatic hydroxyl groups is 1. The fourth-order valence-corrected chi connectivity index (χ4v) is 1.76. The monoisotopic (exact) mass is 216 g/mol. The summed E-state index contributed by atoms with van der Waals surface area (Å²) < 4.78 is 1.94. The van der Waals surface area contributed by atoms with Gasteiger partial charge >= 0.3 is 0 Å². The van der Waals surface area contributed by atoms with Crippen molar-refractivity contribution >= 4 is 0 Å². The van der Waals surface area contributed by atoms with E-state index in [0.717, 1.165) is 11.4 Å². The Morgan fingerprint density at radius 1 is 1.25 bits per heavy atom. The number of hydrogen-bond acceptors (Lipinski definition) is 2. The third-order valence-corrected chi connectivity index (χ3v) is 2.65. The number of rotatable bonds is 4. The predicted octanol–water partition coefficient (Wildman–Crippen LogP) is 1.57. The average Bonchev–Trinajstić information content (AvgIpc) is 2.66.